The van der Waals surface area contributed by atoms with E-state index in [0.717, 1.165) is 6.07 Å². The topological polar surface area (TPSA) is 92.3 Å². The van der Waals surface area contributed by atoms with Crippen LogP contribution in [0.5, 0.6) is 0 Å². The van der Waals surface area contributed by atoms with Crippen LogP contribution in [0.2, 0.25) is 0 Å². The largest absolute Gasteiger partial charge is 0.240 e. The number of sulfonamides is 2. The molecule has 0 aromatic heterocycles. The molecule has 6 nitrogen and oxygen atoms in total. The Bertz CT molecular complexity index is 661. The van der Waals surface area contributed by atoms with Crippen molar-refractivity contribution in [2.24, 2.45) is 0 Å². The zero-order valence-corrected chi connectivity index (χ0v) is 13.1. The third-order valence-corrected chi connectivity index (χ3v) is 5.64. The summed E-state index contributed by atoms with van der Waals surface area (Å²) >= 11 is 2.91. The Labute approximate surface area is 119 Å². The van der Waals surface area contributed by atoms with Crippen LogP contribution in [0.1, 0.15) is 0 Å². The van der Waals surface area contributed by atoms with Crippen LogP contribution in [0.25, 0.3) is 0 Å². The maximum Gasteiger partial charge on any atom is 0.240 e. The van der Waals surface area contributed by atoms with Crippen LogP contribution in [0.15, 0.2) is 27.6 Å². The van der Waals surface area contributed by atoms with Gasteiger partial charge in [-0.1, -0.05) is 0 Å². The minimum atomic E-state index is -3.93. The molecule has 10 heteroatoms. The smallest absolute Gasteiger partial charge is 0.218 e. The lowest BCUT2D eigenvalue weighted by atomic mass is 10.3. The van der Waals surface area contributed by atoms with Crippen LogP contribution in [-0.4, -0.2) is 36.2 Å². The van der Waals surface area contributed by atoms with Gasteiger partial charge in [-0.05, 0) is 41.2 Å². The van der Waals surface area contributed by atoms with Gasteiger partial charge in [0.2, 0.25) is 20.0 Å². The number of hydrogen-bond donors (Lipinski definition) is 2. The lowest BCUT2D eigenvalue weighted by Crippen LogP contribution is -2.33. The van der Waals surface area contributed by atoms with Crippen molar-refractivity contribution in [3.63, 3.8) is 0 Å². The standard InChI is InChI=1S/C9H12BrFN2O4S2/c1-12-18(14,15)5-4-13-19(16,17)7-2-3-8(10)9(11)6-7/h2-3,6,12-13H,4-5H2,1H3. The Kier molecular flexibility index (Phi) is 5.44. The predicted octanol–water partition coefficient (Wildman–Crippen LogP) is 0.416. The van der Waals surface area contributed by atoms with Gasteiger partial charge in [-0.15, -0.1) is 0 Å². The average Bonchev–Trinajstić information content (AvgIpc) is 2.32. The number of rotatable bonds is 6. The highest BCUT2D eigenvalue weighted by Crippen LogP contribution is 2.19. The van der Waals surface area contributed by atoms with E-state index in [0.29, 0.717) is 0 Å². The first-order valence-corrected chi connectivity index (χ1v) is 8.97. The van der Waals surface area contributed by atoms with Crippen LogP contribution >= 0.6 is 15.9 Å². The van der Waals surface area contributed by atoms with Crippen molar-refractivity contribution in [2.75, 3.05) is 19.3 Å². The third kappa shape index (κ3) is 4.80. The molecule has 19 heavy (non-hydrogen) atoms. The van der Waals surface area contributed by atoms with Gasteiger partial charge in [0.15, 0.2) is 0 Å². The van der Waals surface area contributed by atoms with E-state index in [1.165, 1.54) is 19.2 Å². The molecule has 0 saturated heterocycles. The summed E-state index contributed by atoms with van der Waals surface area (Å²) in [6, 6.07) is 3.31. The monoisotopic (exact) mass is 374 g/mol. The van der Waals surface area contributed by atoms with E-state index in [4.69, 9.17) is 0 Å². The first-order chi connectivity index (χ1) is 8.68. The fourth-order valence-electron chi connectivity index (χ4n) is 1.14. The van der Waals surface area contributed by atoms with Crippen molar-refractivity contribution < 1.29 is 21.2 Å². The van der Waals surface area contributed by atoms with Crippen molar-refractivity contribution >= 4 is 36.0 Å². The van der Waals surface area contributed by atoms with Crippen molar-refractivity contribution in [3.05, 3.63) is 28.5 Å². The summed E-state index contributed by atoms with van der Waals surface area (Å²) in [5.74, 6) is -1.12. The molecular weight excluding hydrogens is 363 g/mol. The molecule has 1 aromatic rings. The Balaban J connectivity index is 2.79. The molecule has 0 bridgehead atoms. The fourth-order valence-corrected chi connectivity index (χ4v) is 3.13. The zero-order valence-electron chi connectivity index (χ0n) is 9.85. The van der Waals surface area contributed by atoms with Gasteiger partial charge in [0.05, 0.1) is 15.1 Å². The average molecular weight is 375 g/mol. The highest BCUT2D eigenvalue weighted by atomic mass is 79.9. The Morgan fingerprint density at radius 1 is 1.26 bits per heavy atom. The minimum absolute atomic E-state index is 0.143. The fraction of sp³-hybridized carbons (Fsp3) is 0.333. The van der Waals surface area contributed by atoms with Gasteiger partial charge in [-0.2, -0.15) is 0 Å². The van der Waals surface area contributed by atoms with Crippen LogP contribution in [0.3, 0.4) is 0 Å². The number of hydrogen-bond acceptors (Lipinski definition) is 4. The molecule has 0 atom stereocenters. The summed E-state index contributed by atoms with van der Waals surface area (Å²) < 4.78 is 63.3. The summed E-state index contributed by atoms with van der Waals surface area (Å²) in [6.45, 7) is -0.302. The summed E-state index contributed by atoms with van der Waals surface area (Å²) in [6.07, 6.45) is 0. The molecule has 0 fully saturated rings. The SMILES string of the molecule is CNS(=O)(=O)CCNS(=O)(=O)c1ccc(Br)c(F)c1. The van der Waals surface area contributed by atoms with Gasteiger partial charge in [-0.3, -0.25) is 0 Å². The quantitative estimate of drug-likeness (QED) is 0.754. The highest BCUT2D eigenvalue weighted by molar-refractivity contribution is 9.10. The Morgan fingerprint density at radius 2 is 1.89 bits per heavy atom. The molecule has 1 rings (SSSR count). The molecule has 0 aliphatic carbocycles. The number of nitrogens with one attached hydrogen (secondary N) is 2. The molecule has 0 aliphatic heterocycles. The lowest BCUT2D eigenvalue weighted by molar-refractivity contribution is 0.575. The van der Waals surface area contributed by atoms with Crippen LogP contribution in [0.4, 0.5) is 4.39 Å². The Morgan fingerprint density at radius 3 is 2.42 bits per heavy atom. The van der Waals surface area contributed by atoms with Crippen LogP contribution in [-0.2, 0) is 20.0 Å². The third-order valence-electron chi connectivity index (χ3n) is 2.18. The molecule has 1 aromatic carbocycles. The van der Waals surface area contributed by atoms with Gasteiger partial charge in [0.1, 0.15) is 5.82 Å². The molecule has 0 amide bonds. The Hall–Kier alpha value is -0.550. The maximum atomic E-state index is 13.2. The number of halogens is 2. The summed E-state index contributed by atoms with van der Waals surface area (Å²) in [7, 11) is -6.20. The van der Waals surface area contributed by atoms with Crippen molar-refractivity contribution in [1.29, 1.82) is 0 Å². The molecule has 2 N–H and O–H groups in total. The summed E-state index contributed by atoms with van der Waals surface area (Å²) in [5, 5.41) is 0. The molecule has 0 saturated carbocycles. The first kappa shape index (κ1) is 16.5. The number of benzene rings is 1. The van der Waals surface area contributed by atoms with Gasteiger partial charge in [0, 0.05) is 6.54 Å². The second kappa shape index (κ2) is 6.27. The van der Waals surface area contributed by atoms with E-state index < -0.39 is 31.6 Å². The lowest BCUT2D eigenvalue weighted by Gasteiger charge is -2.07. The van der Waals surface area contributed by atoms with Gasteiger partial charge < -0.3 is 0 Å². The highest BCUT2D eigenvalue weighted by Gasteiger charge is 2.17. The van der Waals surface area contributed by atoms with Crippen molar-refractivity contribution in [1.82, 2.24) is 9.44 Å². The van der Waals surface area contributed by atoms with Gasteiger partial charge in [0.25, 0.3) is 0 Å². The van der Waals surface area contributed by atoms with Gasteiger partial charge in [-0.25, -0.2) is 30.7 Å². The normalized spacial score (nSPS) is 12.6. The minimum Gasteiger partial charge on any atom is -0.218 e. The maximum absolute atomic E-state index is 13.2. The molecule has 0 spiro atoms. The predicted molar refractivity (Wildman–Crippen MR) is 72.1 cm³/mol. The summed E-state index contributed by atoms with van der Waals surface area (Å²) in [5.41, 5.74) is 0. The van der Waals surface area contributed by atoms with Crippen LogP contribution < -0.4 is 9.44 Å². The van der Waals surface area contributed by atoms with Crippen molar-refractivity contribution in [2.45, 2.75) is 4.90 Å². The van der Waals surface area contributed by atoms with Crippen LogP contribution in [0, 0.1) is 5.82 Å². The molecule has 0 heterocycles. The summed E-state index contributed by atoms with van der Waals surface area (Å²) in [4.78, 5) is -0.268. The van der Waals surface area contributed by atoms with E-state index in [9.17, 15) is 21.2 Å². The van der Waals surface area contributed by atoms with E-state index in [-0.39, 0.29) is 15.9 Å². The zero-order chi connectivity index (χ0) is 14.7. The molecule has 108 valence electrons. The van der Waals surface area contributed by atoms with Gasteiger partial charge >= 0.3 is 0 Å². The second-order valence-corrected chi connectivity index (χ2v) is 8.16. The van der Waals surface area contributed by atoms with E-state index in [1.54, 1.807) is 0 Å². The first-order valence-electron chi connectivity index (χ1n) is 5.04. The molecule has 0 unspecified atom stereocenters. The molecule has 0 aliphatic rings. The van der Waals surface area contributed by atoms with E-state index in [2.05, 4.69) is 25.4 Å². The molecule has 0 radical (unpaired) electrons. The van der Waals surface area contributed by atoms with Crippen molar-refractivity contribution in [3.8, 4) is 0 Å². The van der Waals surface area contributed by atoms with E-state index in [1.807, 2.05) is 0 Å². The van der Waals surface area contributed by atoms with E-state index >= 15 is 0 Å². The second-order valence-electron chi connectivity index (χ2n) is 3.50. The molecular formula is C9H12BrFN2O4S2.